The van der Waals surface area contributed by atoms with Gasteiger partial charge in [0.25, 0.3) is 0 Å². The van der Waals surface area contributed by atoms with E-state index in [9.17, 15) is 0 Å². The van der Waals surface area contributed by atoms with Gasteiger partial charge in [-0.25, -0.2) is 0 Å². The molecule has 0 rings (SSSR count). The molecule has 0 aliphatic carbocycles. The molecular weight excluding hydrogens is 502 g/mol. The van der Waals surface area contributed by atoms with Crippen molar-refractivity contribution in [1.82, 2.24) is 0 Å². The predicted molar refractivity (Wildman–Crippen MR) is 36.4 cm³/mol. The van der Waals surface area contributed by atoms with Crippen LogP contribution in [-0.2, 0) is 28.8 Å². The van der Waals surface area contributed by atoms with E-state index in [-0.39, 0.29) is 31.1 Å². The van der Waals surface area contributed by atoms with Crippen molar-refractivity contribution in [2.75, 3.05) is 0 Å². The SMILES string of the molecule is O=C[O-].O=C[O-].O=C[O-].O=C[O-].O=C[O-].O=C[O-].[U]. The third-order valence-electron chi connectivity index (χ3n) is 0. The molecule has 0 saturated heterocycles. The number of hydrogen-bond acceptors (Lipinski definition) is 12. The van der Waals surface area contributed by atoms with Crippen LogP contribution in [0, 0.1) is 31.1 Å². The molecule has 0 heterocycles. The number of carbonyl (C=O) groups excluding carboxylic acids is 6. The molecule has 112 valence electrons. The maximum atomic E-state index is 8.25. The zero-order chi connectivity index (χ0) is 16.2. The summed E-state index contributed by atoms with van der Waals surface area (Å²) in [7, 11) is 0. The monoisotopic (exact) mass is 508 g/mol. The van der Waals surface area contributed by atoms with E-state index in [1.54, 1.807) is 0 Å². The first kappa shape index (κ1) is 43.6. The van der Waals surface area contributed by atoms with Crippen molar-refractivity contribution in [2.24, 2.45) is 0 Å². The molecule has 0 aromatic heterocycles. The smallest absolute Gasteiger partial charge is 0.0275 e. The third-order valence-corrected chi connectivity index (χ3v) is 0. The topological polar surface area (TPSA) is 241 Å². The molecule has 19 heavy (non-hydrogen) atoms. The molecule has 0 spiro atoms. The van der Waals surface area contributed by atoms with Gasteiger partial charge in [0.2, 0.25) is 0 Å². The Kier molecular flexibility index (Phi) is 537. The molecule has 0 aromatic rings. The predicted octanol–water partition coefficient (Wildman–Crippen LogP) is -9.80. The Morgan fingerprint density at radius 2 is 0.368 bits per heavy atom. The normalized spacial score (nSPS) is 3.79. The van der Waals surface area contributed by atoms with Gasteiger partial charge < -0.3 is 59.4 Å². The summed E-state index contributed by atoms with van der Waals surface area (Å²) < 4.78 is 0. The molecule has 0 aliphatic rings. The quantitative estimate of drug-likeness (QED) is 0.277. The van der Waals surface area contributed by atoms with E-state index in [1.807, 2.05) is 0 Å². The van der Waals surface area contributed by atoms with Gasteiger partial charge in [0, 0.05) is 69.9 Å². The second kappa shape index (κ2) is 234. The molecule has 0 atom stereocenters. The van der Waals surface area contributed by atoms with E-state index in [4.69, 9.17) is 59.4 Å². The van der Waals surface area contributed by atoms with Gasteiger partial charge in [0.1, 0.15) is 0 Å². The first-order valence-electron chi connectivity index (χ1n) is 2.83. The van der Waals surface area contributed by atoms with Crippen molar-refractivity contribution < 1.29 is 90.5 Å². The molecule has 0 aromatic carbocycles. The van der Waals surface area contributed by atoms with Crippen molar-refractivity contribution in [2.45, 2.75) is 0 Å². The standard InChI is InChI=1S/6CH2O2.U/c6*2-1-3;/h6*1H,(H,2,3);/p-6. The molecule has 0 bridgehead atoms. The van der Waals surface area contributed by atoms with Crippen LogP contribution >= 0.6 is 0 Å². The van der Waals surface area contributed by atoms with Gasteiger partial charge in [0.15, 0.2) is 0 Å². The summed E-state index contributed by atoms with van der Waals surface area (Å²) in [6.45, 7) is -3.00. The van der Waals surface area contributed by atoms with E-state index in [0.29, 0.717) is 0 Å². The summed E-state index contributed by atoms with van der Waals surface area (Å²) in [5.41, 5.74) is 0. The van der Waals surface area contributed by atoms with E-state index in [1.165, 1.54) is 0 Å². The van der Waals surface area contributed by atoms with Gasteiger partial charge in [0.05, 0.1) is 0 Å². The average molecular weight is 508 g/mol. The maximum absolute atomic E-state index is 8.25. The van der Waals surface area contributed by atoms with Crippen LogP contribution in [0.3, 0.4) is 0 Å². The molecule has 0 radical (unpaired) electrons. The van der Waals surface area contributed by atoms with Crippen LogP contribution in [0.2, 0.25) is 0 Å². The van der Waals surface area contributed by atoms with Gasteiger partial charge in [-0.15, -0.1) is 0 Å². The molecule has 0 amide bonds. The van der Waals surface area contributed by atoms with E-state index < -0.39 is 38.8 Å². The van der Waals surface area contributed by atoms with Crippen LogP contribution in [0.1, 0.15) is 0 Å². The Morgan fingerprint density at radius 1 is 0.368 bits per heavy atom. The Morgan fingerprint density at radius 3 is 0.368 bits per heavy atom. The van der Waals surface area contributed by atoms with Crippen LogP contribution in [0.4, 0.5) is 0 Å². The third kappa shape index (κ3) is 674. The van der Waals surface area contributed by atoms with Crippen molar-refractivity contribution in [3.05, 3.63) is 0 Å². The summed E-state index contributed by atoms with van der Waals surface area (Å²) in [5, 5.41) is 49.5. The van der Waals surface area contributed by atoms with Crippen LogP contribution in [0.15, 0.2) is 0 Å². The van der Waals surface area contributed by atoms with Gasteiger partial charge >= 0.3 is 0 Å². The fourth-order valence-electron chi connectivity index (χ4n) is 0. The molecule has 0 N–H and O–H groups in total. The zero-order valence-corrected chi connectivity index (χ0v) is 13.0. The minimum Gasteiger partial charge on any atom is -0.554 e. The molecule has 0 fully saturated rings. The minimum absolute atomic E-state index is 0. The zero-order valence-electron chi connectivity index (χ0n) is 8.86. The maximum Gasteiger partial charge on any atom is 0.0275 e. The molecule has 0 saturated carbocycles. The Labute approximate surface area is 129 Å². The van der Waals surface area contributed by atoms with Crippen molar-refractivity contribution in [3.8, 4) is 0 Å². The fraction of sp³-hybridized carbons (Fsp3) is 0. The van der Waals surface area contributed by atoms with Crippen molar-refractivity contribution in [1.29, 1.82) is 0 Å². The molecule has 0 aliphatic heterocycles. The molecular formula is C6H6O12U-6. The van der Waals surface area contributed by atoms with Crippen LogP contribution in [0.5, 0.6) is 0 Å². The first-order chi connectivity index (χ1) is 8.49. The number of carbonyl (C=O) groups is 6. The van der Waals surface area contributed by atoms with Gasteiger partial charge in [-0.1, -0.05) is 0 Å². The van der Waals surface area contributed by atoms with Crippen molar-refractivity contribution in [3.63, 3.8) is 0 Å². The van der Waals surface area contributed by atoms with E-state index in [2.05, 4.69) is 0 Å². The molecule has 13 heteroatoms. The largest absolute Gasteiger partial charge is 0.554 e. The molecule has 0 unspecified atom stereocenters. The Balaban J connectivity index is -0.0000000180. The second-order valence-corrected chi connectivity index (χ2v) is 0.577. The summed E-state index contributed by atoms with van der Waals surface area (Å²) >= 11 is 0. The Hall–Kier alpha value is -2.13. The van der Waals surface area contributed by atoms with Crippen molar-refractivity contribution >= 4 is 38.8 Å². The van der Waals surface area contributed by atoms with E-state index >= 15 is 0 Å². The van der Waals surface area contributed by atoms with Gasteiger partial charge in [-0.05, 0) is 0 Å². The van der Waals surface area contributed by atoms with Gasteiger partial charge in [-0.3, -0.25) is 0 Å². The molecule has 12 nitrogen and oxygen atoms in total. The number of hydrogen-bond donors (Lipinski definition) is 0. The first-order valence-corrected chi connectivity index (χ1v) is 2.83. The minimum atomic E-state index is -0.500. The summed E-state index contributed by atoms with van der Waals surface area (Å²) in [6, 6.07) is 0. The van der Waals surface area contributed by atoms with Crippen LogP contribution in [0.25, 0.3) is 0 Å². The summed E-state index contributed by atoms with van der Waals surface area (Å²) in [4.78, 5) is 49.5. The van der Waals surface area contributed by atoms with Crippen LogP contribution < -0.4 is 30.6 Å². The van der Waals surface area contributed by atoms with Crippen LogP contribution in [-0.4, -0.2) is 38.8 Å². The number of rotatable bonds is 0. The Bertz CT molecular complexity index is 114. The summed E-state index contributed by atoms with van der Waals surface area (Å²) in [6.07, 6.45) is 0. The van der Waals surface area contributed by atoms with E-state index in [0.717, 1.165) is 0 Å². The van der Waals surface area contributed by atoms with Gasteiger partial charge in [-0.2, -0.15) is 0 Å². The summed E-state index contributed by atoms with van der Waals surface area (Å²) in [5.74, 6) is 0. The second-order valence-electron chi connectivity index (χ2n) is 0.577. The number of carboxylic acid groups (broad SMARTS) is 6. The fourth-order valence-corrected chi connectivity index (χ4v) is 0. The average Bonchev–Trinajstić information content (AvgIpc) is 2.23.